The number of aliphatic carboxylic acids is 1. The summed E-state index contributed by atoms with van der Waals surface area (Å²) in [5.74, 6) is 0.741. The first kappa shape index (κ1) is 24.3. The normalized spacial score (nSPS) is 21.8. The lowest BCUT2D eigenvalue weighted by Crippen LogP contribution is -2.54. The molecular weight excluding hydrogens is 436 g/mol. The number of carbonyl (C=O) groups is 2. The molecule has 2 atom stereocenters. The van der Waals surface area contributed by atoms with Crippen molar-refractivity contribution in [2.45, 2.75) is 83.0 Å². The molecule has 0 radical (unpaired) electrons. The van der Waals surface area contributed by atoms with Gasteiger partial charge < -0.3 is 24.3 Å². The number of aromatic nitrogens is 1. The Morgan fingerprint density at radius 1 is 1.24 bits per heavy atom. The standard InChI is InChI=1S/C26H34N2O6/c1-3-22-21(27-24(34-22)18-9-7-10-19(15-18)32-2)16-33-20-11-6-8-17(14-20)23(29)28-26(25(30)31)12-4-5-13-26/h7,9-10,15,17,20H,3-6,8,11-14,16H2,1-2H3,(H,28,29)(H,30,31)/t17-,20+/m0/s1. The highest BCUT2D eigenvalue weighted by atomic mass is 16.5. The molecular formula is C26H34N2O6. The van der Waals surface area contributed by atoms with Crippen molar-refractivity contribution in [3.05, 3.63) is 35.7 Å². The van der Waals surface area contributed by atoms with Gasteiger partial charge in [-0.2, -0.15) is 0 Å². The number of carbonyl (C=O) groups excluding carboxylic acids is 1. The lowest BCUT2D eigenvalue weighted by Gasteiger charge is -2.32. The van der Waals surface area contributed by atoms with Crippen molar-refractivity contribution in [3.8, 4) is 17.2 Å². The summed E-state index contributed by atoms with van der Waals surface area (Å²) in [6.45, 7) is 2.33. The second-order valence-electron chi connectivity index (χ2n) is 9.35. The summed E-state index contributed by atoms with van der Waals surface area (Å²) < 4.78 is 17.5. The van der Waals surface area contributed by atoms with Crippen molar-refractivity contribution in [1.82, 2.24) is 10.3 Å². The topological polar surface area (TPSA) is 111 Å². The lowest BCUT2D eigenvalue weighted by molar-refractivity contribution is -0.148. The van der Waals surface area contributed by atoms with Crippen molar-refractivity contribution in [2.24, 2.45) is 5.92 Å². The van der Waals surface area contributed by atoms with E-state index in [0.717, 1.165) is 54.9 Å². The third-order valence-corrected chi connectivity index (χ3v) is 7.10. The number of rotatable bonds is 9. The largest absolute Gasteiger partial charge is 0.497 e. The first-order valence-electron chi connectivity index (χ1n) is 12.2. The van der Waals surface area contributed by atoms with Gasteiger partial charge in [0.05, 0.1) is 19.8 Å². The summed E-state index contributed by atoms with van der Waals surface area (Å²) in [7, 11) is 1.62. The minimum atomic E-state index is -1.10. The van der Waals surface area contributed by atoms with Crippen LogP contribution in [0.3, 0.4) is 0 Å². The Balaban J connectivity index is 1.37. The highest BCUT2D eigenvalue weighted by Crippen LogP contribution is 2.33. The van der Waals surface area contributed by atoms with Gasteiger partial charge in [0.1, 0.15) is 22.7 Å². The molecule has 0 spiro atoms. The fraction of sp³-hybridized carbons (Fsp3) is 0.577. The predicted molar refractivity (Wildman–Crippen MR) is 125 cm³/mol. The van der Waals surface area contributed by atoms with Gasteiger partial charge in [0, 0.05) is 17.9 Å². The summed E-state index contributed by atoms with van der Waals surface area (Å²) in [4.78, 5) is 29.4. The molecule has 0 saturated heterocycles. The van der Waals surface area contributed by atoms with Crippen molar-refractivity contribution in [3.63, 3.8) is 0 Å². The molecule has 1 amide bonds. The highest BCUT2D eigenvalue weighted by molar-refractivity contribution is 5.88. The van der Waals surface area contributed by atoms with Crippen LogP contribution in [0, 0.1) is 5.92 Å². The quantitative estimate of drug-likeness (QED) is 0.555. The number of amides is 1. The minimum absolute atomic E-state index is 0.0736. The van der Waals surface area contributed by atoms with Gasteiger partial charge in [-0.15, -0.1) is 0 Å². The zero-order valence-electron chi connectivity index (χ0n) is 20.0. The molecule has 4 rings (SSSR count). The zero-order chi connectivity index (χ0) is 24.1. The van der Waals surface area contributed by atoms with Crippen molar-refractivity contribution in [2.75, 3.05) is 7.11 Å². The van der Waals surface area contributed by atoms with Gasteiger partial charge in [0.15, 0.2) is 0 Å². The van der Waals surface area contributed by atoms with Gasteiger partial charge in [0.2, 0.25) is 11.8 Å². The molecule has 2 aliphatic carbocycles. The SMILES string of the molecule is CCc1oc(-c2cccc(OC)c2)nc1CO[C@@H]1CCC[C@H](C(=O)NC2(C(=O)O)CCCC2)C1. The van der Waals surface area contributed by atoms with E-state index in [-0.39, 0.29) is 17.9 Å². The van der Waals surface area contributed by atoms with E-state index in [1.54, 1.807) is 7.11 Å². The molecule has 8 heteroatoms. The van der Waals surface area contributed by atoms with E-state index in [0.29, 0.717) is 38.2 Å². The van der Waals surface area contributed by atoms with Crippen LogP contribution in [0.15, 0.2) is 28.7 Å². The number of carboxylic acids is 1. The summed E-state index contributed by atoms with van der Waals surface area (Å²) in [6, 6.07) is 7.58. The Kier molecular flexibility index (Phi) is 7.56. The molecule has 8 nitrogen and oxygen atoms in total. The van der Waals surface area contributed by atoms with Gasteiger partial charge in [-0.05, 0) is 50.3 Å². The summed E-state index contributed by atoms with van der Waals surface area (Å²) >= 11 is 0. The second-order valence-corrected chi connectivity index (χ2v) is 9.35. The van der Waals surface area contributed by atoms with Gasteiger partial charge in [-0.25, -0.2) is 9.78 Å². The molecule has 1 aromatic carbocycles. The molecule has 2 aliphatic rings. The fourth-order valence-corrected chi connectivity index (χ4v) is 5.09. The van der Waals surface area contributed by atoms with E-state index >= 15 is 0 Å². The van der Waals surface area contributed by atoms with E-state index in [1.165, 1.54) is 0 Å². The maximum atomic E-state index is 12.9. The fourth-order valence-electron chi connectivity index (χ4n) is 5.09. The van der Waals surface area contributed by atoms with Crippen LogP contribution in [-0.4, -0.2) is 40.7 Å². The van der Waals surface area contributed by atoms with Gasteiger partial charge in [-0.3, -0.25) is 4.79 Å². The van der Waals surface area contributed by atoms with E-state index in [2.05, 4.69) is 10.3 Å². The summed E-state index contributed by atoms with van der Waals surface area (Å²) in [5, 5.41) is 12.5. The first-order chi connectivity index (χ1) is 16.4. The third-order valence-electron chi connectivity index (χ3n) is 7.10. The van der Waals surface area contributed by atoms with Crippen molar-refractivity contribution < 1.29 is 28.6 Å². The third kappa shape index (κ3) is 5.27. The van der Waals surface area contributed by atoms with Crippen LogP contribution in [0.5, 0.6) is 5.75 Å². The predicted octanol–water partition coefficient (Wildman–Crippen LogP) is 4.50. The lowest BCUT2D eigenvalue weighted by atomic mass is 9.85. The monoisotopic (exact) mass is 470 g/mol. The maximum Gasteiger partial charge on any atom is 0.329 e. The van der Waals surface area contributed by atoms with E-state index in [1.807, 2.05) is 31.2 Å². The van der Waals surface area contributed by atoms with Crippen LogP contribution in [0.2, 0.25) is 0 Å². The van der Waals surface area contributed by atoms with Gasteiger partial charge in [-0.1, -0.05) is 32.3 Å². The number of nitrogens with zero attached hydrogens (tertiary/aromatic N) is 1. The summed E-state index contributed by atoms with van der Waals surface area (Å²) in [5.41, 5.74) is 0.509. The number of carboxylic acid groups (broad SMARTS) is 1. The molecule has 2 saturated carbocycles. The Morgan fingerprint density at radius 2 is 2.03 bits per heavy atom. The summed E-state index contributed by atoms with van der Waals surface area (Å²) in [6.07, 6.45) is 6.38. The Labute approximate surface area is 200 Å². The van der Waals surface area contributed by atoms with Crippen LogP contribution in [0.1, 0.15) is 69.7 Å². The van der Waals surface area contributed by atoms with Crippen molar-refractivity contribution >= 4 is 11.9 Å². The minimum Gasteiger partial charge on any atom is -0.497 e. The van der Waals surface area contributed by atoms with Crippen LogP contribution in [0.25, 0.3) is 11.5 Å². The zero-order valence-corrected chi connectivity index (χ0v) is 20.0. The average Bonchev–Trinajstić information content (AvgIpc) is 3.51. The molecule has 184 valence electrons. The number of benzene rings is 1. The molecule has 34 heavy (non-hydrogen) atoms. The van der Waals surface area contributed by atoms with Crippen LogP contribution in [-0.2, 0) is 27.4 Å². The molecule has 0 bridgehead atoms. The number of aryl methyl sites for hydroxylation is 1. The van der Waals surface area contributed by atoms with Crippen LogP contribution >= 0.6 is 0 Å². The Bertz CT molecular complexity index is 1010. The number of hydrogen-bond acceptors (Lipinski definition) is 6. The molecule has 2 N–H and O–H groups in total. The maximum absolute atomic E-state index is 12.9. The van der Waals surface area contributed by atoms with Crippen LogP contribution < -0.4 is 10.1 Å². The van der Waals surface area contributed by atoms with E-state index in [4.69, 9.17) is 13.9 Å². The van der Waals surface area contributed by atoms with Crippen LogP contribution in [0.4, 0.5) is 0 Å². The number of nitrogens with one attached hydrogen (secondary N) is 1. The number of methoxy groups -OCH3 is 1. The Hall–Kier alpha value is -2.87. The van der Waals surface area contributed by atoms with E-state index in [9.17, 15) is 14.7 Å². The van der Waals surface area contributed by atoms with E-state index < -0.39 is 11.5 Å². The highest BCUT2D eigenvalue weighted by Gasteiger charge is 2.44. The first-order valence-corrected chi connectivity index (χ1v) is 12.2. The van der Waals surface area contributed by atoms with Crippen molar-refractivity contribution in [1.29, 1.82) is 0 Å². The number of hydrogen-bond donors (Lipinski definition) is 2. The van der Waals surface area contributed by atoms with Gasteiger partial charge in [0.25, 0.3) is 0 Å². The molecule has 1 heterocycles. The number of oxazole rings is 1. The Morgan fingerprint density at radius 3 is 2.74 bits per heavy atom. The molecule has 0 unspecified atom stereocenters. The van der Waals surface area contributed by atoms with Gasteiger partial charge >= 0.3 is 5.97 Å². The molecule has 2 aromatic rings. The molecule has 0 aliphatic heterocycles. The average molecular weight is 471 g/mol. The molecule has 1 aromatic heterocycles. The second kappa shape index (κ2) is 10.6. The smallest absolute Gasteiger partial charge is 0.329 e. The number of ether oxygens (including phenoxy) is 2. The molecule has 2 fully saturated rings.